The Morgan fingerprint density at radius 3 is 2.56 bits per heavy atom. The third kappa shape index (κ3) is 3.73. The average molecular weight is 363 g/mol. The molecule has 0 aliphatic carbocycles. The molecule has 0 radical (unpaired) electrons. The van der Waals surface area contributed by atoms with Gasteiger partial charge in [-0.05, 0) is 17.5 Å². The Labute approximate surface area is 156 Å². The van der Waals surface area contributed by atoms with E-state index in [1.54, 1.807) is 18.5 Å². The number of benzene rings is 1. The second-order valence-electron chi connectivity index (χ2n) is 6.60. The molecule has 0 saturated carbocycles. The summed E-state index contributed by atoms with van der Waals surface area (Å²) in [4.78, 5) is 33.1. The van der Waals surface area contributed by atoms with Crippen molar-refractivity contribution in [3.8, 4) is 0 Å². The first-order valence-electron chi connectivity index (χ1n) is 9.10. The van der Waals surface area contributed by atoms with Gasteiger partial charge in [-0.3, -0.25) is 19.5 Å². The van der Waals surface area contributed by atoms with Crippen molar-refractivity contribution in [1.82, 2.24) is 24.6 Å². The molecular weight excluding hydrogens is 342 g/mol. The zero-order valence-corrected chi connectivity index (χ0v) is 15.0. The van der Waals surface area contributed by atoms with Crippen LogP contribution in [0.15, 0.2) is 59.7 Å². The van der Waals surface area contributed by atoms with Gasteiger partial charge in [0.05, 0.1) is 6.54 Å². The molecule has 1 aliphatic heterocycles. The molecule has 0 spiro atoms. The molecule has 138 valence electrons. The van der Waals surface area contributed by atoms with Gasteiger partial charge < -0.3 is 4.90 Å². The first-order chi connectivity index (χ1) is 13.2. The Balaban J connectivity index is 1.38. The fourth-order valence-corrected chi connectivity index (χ4v) is 3.41. The maximum absolute atomic E-state index is 12.9. The van der Waals surface area contributed by atoms with Crippen molar-refractivity contribution in [2.24, 2.45) is 0 Å². The number of aromatic nitrogens is 3. The minimum absolute atomic E-state index is 0.0209. The fourth-order valence-electron chi connectivity index (χ4n) is 3.41. The highest BCUT2D eigenvalue weighted by molar-refractivity contribution is 6.05. The van der Waals surface area contributed by atoms with Gasteiger partial charge >= 0.3 is 0 Å². The molecule has 0 unspecified atom stereocenters. The van der Waals surface area contributed by atoms with Crippen LogP contribution in [0.25, 0.3) is 10.8 Å². The predicted octanol–water partition coefficient (Wildman–Crippen LogP) is 1.25. The Morgan fingerprint density at radius 2 is 1.74 bits per heavy atom. The molecule has 0 N–H and O–H groups in total. The van der Waals surface area contributed by atoms with Crippen LogP contribution in [0.2, 0.25) is 0 Å². The Kier molecular flexibility index (Phi) is 4.93. The van der Waals surface area contributed by atoms with Crippen LogP contribution in [0.1, 0.15) is 10.5 Å². The number of pyridine rings is 1. The van der Waals surface area contributed by atoms with Crippen molar-refractivity contribution in [2.45, 2.75) is 6.54 Å². The van der Waals surface area contributed by atoms with E-state index in [2.05, 4.69) is 15.0 Å². The van der Waals surface area contributed by atoms with E-state index in [4.69, 9.17) is 0 Å². The van der Waals surface area contributed by atoms with Crippen LogP contribution < -0.4 is 5.56 Å². The van der Waals surface area contributed by atoms with Gasteiger partial charge in [-0.2, -0.15) is 5.10 Å². The first kappa shape index (κ1) is 17.4. The van der Waals surface area contributed by atoms with Crippen LogP contribution >= 0.6 is 0 Å². The van der Waals surface area contributed by atoms with Crippen LogP contribution in [0.4, 0.5) is 0 Å². The van der Waals surface area contributed by atoms with E-state index in [-0.39, 0.29) is 11.5 Å². The van der Waals surface area contributed by atoms with Crippen LogP contribution in [0.3, 0.4) is 0 Å². The van der Waals surface area contributed by atoms with Crippen molar-refractivity contribution in [3.05, 3.63) is 70.9 Å². The number of piperazine rings is 1. The number of carbonyl (C=O) groups excluding carboxylic acids is 1. The van der Waals surface area contributed by atoms with E-state index in [1.807, 2.05) is 35.2 Å². The molecule has 1 amide bonds. The summed E-state index contributed by atoms with van der Waals surface area (Å²) >= 11 is 0. The molecule has 1 saturated heterocycles. The molecule has 4 rings (SSSR count). The molecule has 7 heteroatoms. The molecule has 2 aromatic heterocycles. The van der Waals surface area contributed by atoms with E-state index in [0.717, 1.165) is 30.4 Å². The largest absolute Gasteiger partial charge is 0.335 e. The summed E-state index contributed by atoms with van der Waals surface area (Å²) in [5.74, 6) is -0.0209. The highest BCUT2D eigenvalue weighted by Crippen LogP contribution is 2.18. The summed E-state index contributed by atoms with van der Waals surface area (Å²) in [5.41, 5.74) is 0.426. The number of nitrogens with zero attached hydrogens (tertiary/aromatic N) is 5. The predicted molar refractivity (Wildman–Crippen MR) is 103 cm³/mol. The van der Waals surface area contributed by atoms with E-state index in [0.29, 0.717) is 25.3 Å². The van der Waals surface area contributed by atoms with Crippen molar-refractivity contribution >= 4 is 16.7 Å². The molecule has 0 atom stereocenters. The lowest BCUT2D eigenvalue weighted by Crippen LogP contribution is -2.49. The van der Waals surface area contributed by atoms with E-state index in [1.165, 1.54) is 10.7 Å². The van der Waals surface area contributed by atoms with Crippen LogP contribution in [0, 0.1) is 0 Å². The minimum Gasteiger partial charge on any atom is -0.335 e. The number of amides is 1. The van der Waals surface area contributed by atoms with Crippen molar-refractivity contribution in [1.29, 1.82) is 0 Å². The van der Waals surface area contributed by atoms with Gasteiger partial charge in [-0.1, -0.05) is 24.3 Å². The Bertz CT molecular complexity index is 1000. The third-order valence-corrected chi connectivity index (χ3v) is 4.95. The zero-order valence-electron chi connectivity index (χ0n) is 15.0. The summed E-state index contributed by atoms with van der Waals surface area (Å²) in [6, 6.07) is 12.9. The maximum atomic E-state index is 12.9. The number of hydrogen-bond donors (Lipinski definition) is 0. The number of carbonyl (C=O) groups is 1. The van der Waals surface area contributed by atoms with Gasteiger partial charge in [0.2, 0.25) is 0 Å². The second kappa shape index (κ2) is 7.67. The fraction of sp³-hybridized carbons (Fsp3) is 0.300. The van der Waals surface area contributed by atoms with Crippen LogP contribution in [-0.4, -0.2) is 63.2 Å². The lowest BCUT2D eigenvalue weighted by Gasteiger charge is -2.34. The van der Waals surface area contributed by atoms with Gasteiger partial charge in [0.15, 0.2) is 0 Å². The second-order valence-corrected chi connectivity index (χ2v) is 6.60. The molecule has 3 aromatic rings. The van der Waals surface area contributed by atoms with Gasteiger partial charge in [0, 0.05) is 56.6 Å². The lowest BCUT2D eigenvalue weighted by atomic mass is 10.1. The monoisotopic (exact) mass is 363 g/mol. The number of fused-ring (bicyclic) bond motifs is 1. The van der Waals surface area contributed by atoms with Gasteiger partial charge in [0.25, 0.3) is 11.5 Å². The highest BCUT2D eigenvalue weighted by atomic mass is 16.2. The smallest absolute Gasteiger partial charge is 0.273 e. The quantitative estimate of drug-likeness (QED) is 0.698. The summed E-state index contributed by atoms with van der Waals surface area (Å²) in [6.07, 6.45) is 3.31. The molecule has 1 aliphatic rings. The molecule has 3 heterocycles. The molecular formula is C20H21N5O2. The SMILES string of the molecule is O=C(c1nccc2ccccc12)N1CCN(CCn2ncccc2=O)CC1. The van der Waals surface area contributed by atoms with Gasteiger partial charge in [-0.25, -0.2) is 4.68 Å². The van der Waals surface area contributed by atoms with E-state index >= 15 is 0 Å². The Hall–Kier alpha value is -3.06. The molecule has 0 bridgehead atoms. The molecule has 1 aromatic carbocycles. The first-order valence-corrected chi connectivity index (χ1v) is 9.10. The Morgan fingerprint density at radius 1 is 0.926 bits per heavy atom. The molecule has 7 nitrogen and oxygen atoms in total. The standard InChI is InChI=1S/C20H21N5O2/c26-18-6-3-8-22-25(18)15-12-23-10-13-24(14-11-23)20(27)19-17-5-2-1-4-16(17)7-9-21-19/h1-9H,10-15H2. The van der Waals surface area contributed by atoms with E-state index in [9.17, 15) is 9.59 Å². The summed E-state index contributed by atoms with van der Waals surface area (Å²) < 4.78 is 1.47. The highest BCUT2D eigenvalue weighted by Gasteiger charge is 2.24. The van der Waals surface area contributed by atoms with E-state index < -0.39 is 0 Å². The third-order valence-electron chi connectivity index (χ3n) is 4.95. The van der Waals surface area contributed by atoms with Crippen molar-refractivity contribution < 1.29 is 4.79 Å². The number of hydrogen-bond acceptors (Lipinski definition) is 5. The average Bonchev–Trinajstić information content (AvgIpc) is 2.73. The van der Waals surface area contributed by atoms with Gasteiger partial charge in [-0.15, -0.1) is 0 Å². The number of rotatable bonds is 4. The topological polar surface area (TPSA) is 71.3 Å². The van der Waals surface area contributed by atoms with Crippen LogP contribution in [-0.2, 0) is 6.54 Å². The molecule has 27 heavy (non-hydrogen) atoms. The maximum Gasteiger partial charge on any atom is 0.273 e. The van der Waals surface area contributed by atoms with Crippen molar-refractivity contribution in [3.63, 3.8) is 0 Å². The zero-order chi connectivity index (χ0) is 18.6. The van der Waals surface area contributed by atoms with Gasteiger partial charge in [0.1, 0.15) is 5.69 Å². The van der Waals surface area contributed by atoms with Crippen molar-refractivity contribution in [2.75, 3.05) is 32.7 Å². The molecule has 1 fully saturated rings. The summed E-state index contributed by atoms with van der Waals surface area (Å²) in [6.45, 7) is 4.15. The minimum atomic E-state index is -0.0895. The van der Waals surface area contributed by atoms with Crippen LogP contribution in [0.5, 0.6) is 0 Å². The normalized spacial score (nSPS) is 15.2. The summed E-state index contributed by atoms with van der Waals surface area (Å²) in [5, 5.41) is 5.99. The lowest BCUT2D eigenvalue weighted by molar-refractivity contribution is 0.0628. The summed E-state index contributed by atoms with van der Waals surface area (Å²) in [7, 11) is 0.